The van der Waals surface area contributed by atoms with Crippen LogP contribution in [-0.4, -0.2) is 20.3 Å². The maximum Gasteiger partial charge on any atom is 0.0635 e. The number of nitrogens with one attached hydrogen (secondary N) is 1. The van der Waals surface area contributed by atoms with E-state index in [1.807, 2.05) is 30.3 Å². The van der Waals surface area contributed by atoms with Gasteiger partial charge in [-0.2, -0.15) is 0 Å². The van der Waals surface area contributed by atoms with Gasteiger partial charge in [-0.05, 0) is 30.3 Å². The lowest BCUT2D eigenvalue weighted by Crippen LogP contribution is -2.07. The van der Waals surface area contributed by atoms with Crippen LogP contribution in [0, 0.1) is 0 Å². The molecule has 5 nitrogen and oxygen atoms in total. The van der Waals surface area contributed by atoms with Crippen LogP contribution in [0.15, 0.2) is 36.4 Å². The van der Waals surface area contributed by atoms with E-state index in [0.29, 0.717) is 23.7 Å². The Morgan fingerprint density at radius 1 is 0.950 bits per heavy atom. The number of rotatable bonds is 5. The molecule has 0 atom stereocenters. The van der Waals surface area contributed by atoms with Crippen LogP contribution in [0.25, 0.3) is 11.1 Å². The molecule has 106 valence electrons. The van der Waals surface area contributed by atoms with Crippen LogP contribution in [0.3, 0.4) is 0 Å². The molecule has 0 heterocycles. The van der Waals surface area contributed by atoms with E-state index < -0.39 is 0 Å². The van der Waals surface area contributed by atoms with Crippen molar-refractivity contribution >= 4 is 22.7 Å². The highest BCUT2D eigenvalue weighted by atomic mass is 16.5. The van der Waals surface area contributed by atoms with E-state index in [9.17, 15) is 0 Å². The predicted octanol–water partition coefficient (Wildman–Crippen LogP) is 2.16. The fraction of sp³-hybridized carbons (Fsp3) is 0.200. The van der Waals surface area contributed by atoms with E-state index in [4.69, 9.17) is 21.9 Å². The van der Waals surface area contributed by atoms with Crippen molar-refractivity contribution in [3.05, 3.63) is 36.4 Å². The van der Waals surface area contributed by atoms with Crippen LogP contribution >= 0.6 is 0 Å². The summed E-state index contributed by atoms with van der Waals surface area (Å²) in [6.07, 6.45) is 0. The Morgan fingerprint density at radius 2 is 1.75 bits per heavy atom. The number of nitrogen functional groups attached to an aromatic ring is 3. The van der Waals surface area contributed by atoms with Gasteiger partial charge in [0.25, 0.3) is 0 Å². The second kappa shape index (κ2) is 6.16. The number of ether oxygens (including phenoxy) is 1. The molecular formula is C15H20N4O. The molecule has 2 aromatic carbocycles. The summed E-state index contributed by atoms with van der Waals surface area (Å²) in [5.74, 6) is 0. The van der Waals surface area contributed by atoms with Crippen molar-refractivity contribution in [2.45, 2.75) is 0 Å². The Morgan fingerprint density at radius 3 is 2.45 bits per heavy atom. The summed E-state index contributed by atoms with van der Waals surface area (Å²) >= 11 is 0. The zero-order valence-electron chi connectivity index (χ0n) is 11.5. The number of benzene rings is 2. The minimum absolute atomic E-state index is 0.616. The van der Waals surface area contributed by atoms with Gasteiger partial charge in [0.05, 0.1) is 6.61 Å². The molecule has 0 bridgehead atoms. The average Bonchev–Trinajstić information content (AvgIpc) is 2.41. The van der Waals surface area contributed by atoms with Crippen LogP contribution in [0.2, 0.25) is 0 Å². The highest BCUT2D eigenvalue weighted by Crippen LogP contribution is 2.33. The molecule has 0 aliphatic carbocycles. The molecule has 2 rings (SSSR count). The largest absolute Gasteiger partial charge is 0.399 e. The summed E-state index contributed by atoms with van der Waals surface area (Å²) in [6.45, 7) is 1.38. The Kier molecular flexibility index (Phi) is 4.32. The van der Waals surface area contributed by atoms with E-state index in [1.54, 1.807) is 13.2 Å². The lowest BCUT2D eigenvalue weighted by atomic mass is 10.0. The van der Waals surface area contributed by atoms with Gasteiger partial charge in [0.2, 0.25) is 0 Å². The molecule has 0 saturated heterocycles. The maximum atomic E-state index is 6.04. The summed E-state index contributed by atoms with van der Waals surface area (Å²) in [4.78, 5) is 0. The highest BCUT2D eigenvalue weighted by molar-refractivity contribution is 5.87. The number of hydrogen-bond donors (Lipinski definition) is 4. The van der Waals surface area contributed by atoms with Crippen molar-refractivity contribution in [3.8, 4) is 11.1 Å². The van der Waals surface area contributed by atoms with Gasteiger partial charge in [0.1, 0.15) is 0 Å². The summed E-state index contributed by atoms with van der Waals surface area (Å²) in [5, 5.41) is 3.27. The first-order valence-electron chi connectivity index (χ1n) is 6.39. The second-order valence-corrected chi connectivity index (χ2v) is 4.57. The smallest absolute Gasteiger partial charge is 0.0635 e. The Bertz CT molecular complexity index is 598. The SMILES string of the molecule is COCCNc1ccc(N)c(-c2ccc(N)cc2N)c1. The Balaban J connectivity index is 2.32. The molecular weight excluding hydrogens is 252 g/mol. The van der Waals surface area contributed by atoms with E-state index in [-0.39, 0.29) is 0 Å². The first-order chi connectivity index (χ1) is 9.61. The van der Waals surface area contributed by atoms with Crippen LogP contribution in [0.5, 0.6) is 0 Å². The zero-order valence-corrected chi connectivity index (χ0v) is 11.5. The molecule has 2 aromatic rings. The average molecular weight is 272 g/mol. The molecule has 0 aliphatic heterocycles. The molecule has 20 heavy (non-hydrogen) atoms. The third kappa shape index (κ3) is 3.13. The molecule has 0 amide bonds. The highest BCUT2D eigenvalue weighted by Gasteiger charge is 2.08. The third-order valence-corrected chi connectivity index (χ3v) is 3.05. The van der Waals surface area contributed by atoms with Crippen molar-refractivity contribution < 1.29 is 4.74 Å². The Hall–Kier alpha value is -2.40. The van der Waals surface area contributed by atoms with Crippen molar-refractivity contribution in [1.29, 1.82) is 0 Å². The minimum Gasteiger partial charge on any atom is -0.399 e. The lowest BCUT2D eigenvalue weighted by Gasteiger charge is -2.13. The fourth-order valence-electron chi connectivity index (χ4n) is 2.02. The molecule has 5 heteroatoms. The number of hydrogen-bond acceptors (Lipinski definition) is 5. The van der Waals surface area contributed by atoms with Crippen molar-refractivity contribution in [3.63, 3.8) is 0 Å². The summed E-state index contributed by atoms with van der Waals surface area (Å²) < 4.78 is 5.01. The molecule has 0 fully saturated rings. The van der Waals surface area contributed by atoms with Gasteiger partial charge in [-0.1, -0.05) is 6.07 Å². The maximum absolute atomic E-state index is 6.04. The van der Waals surface area contributed by atoms with Gasteiger partial charge in [-0.3, -0.25) is 0 Å². The van der Waals surface area contributed by atoms with Crippen LogP contribution < -0.4 is 22.5 Å². The fourth-order valence-corrected chi connectivity index (χ4v) is 2.02. The number of anilines is 4. The molecule has 0 spiro atoms. The molecule has 0 radical (unpaired) electrons. The zero-order chi connectivity index (χ0) is 14.5. The van der Waals surface area contributed by atoms with Gasteiger partial charge in [-0.25, -0.2) is 0 Å². The normalized spacial score (nSPS) is 10.4. The standard InChI is InChI=1S/C15H20N4O/c1-20-7-6-19-11-3-5-14(17)13(9-11)12-4-2-10(16)8-15(12)18/h2-5,8-9,19H,6-7,16-18H2,1H3. The lowest BCUT2D eigenvalue weighted by molar-refractivity contribution is 0.211. The number of methoxy groups -OCH3 is 1. The van der Waals surface area contributed by atoms with Gasteiger partial charge in [0.15, 0.2) is 0 Å². The molecule has 0 aromatic heterocycles. The molecule has 7 N–H and O–H groups in total. The van der Waals surface area contributed by atoms with Crippen molar-refractivity contribution in [2.75, 3.05) is 42.8 Å². The predicted molar refractivity (Wildman–Crippen MR) is 85.5 cm³/mol. The van der Waals surface area contributed by atoms with Crippen molar-refractivity contribution in [2.24, 2.45) is 0 Å². The monoisotopic (exact) mass is 272 g/mol. The number of nitrogens with two attached hydrogens (primary N) is 3. The van der Waals surface area contributed by atoms with Crippen molar-refractivity contribution in [1.82, 2.24) is 0 Å². The molecule has 0 aliphatic rings. The summed E-state index contributed by atoms with van der Waals surface area (Å²) in [7, 11) is 1.67. The summed E-state index contributed by atoms with van der Waals surface area (Å²) in [6, 6.07) is 11.2. The second-order valence-electron chi connectivity index (χ2n) is 4.57. The van der Waals surface area contributed by atoms with E-state index in [1.165, 1.54) is 0 Å². The van der Waals surface area contributed by atoms with Gasteiger partial charge in [0, 0.05) is 47.5 Å². The molecule has 0 unspecified atom stereocenters. The quantitative estimate of drug-likeness (QED) is 0.494. The van der Waals surface area contributed by atoms with Crippen LogP contribution in [-0.2, 0) is 4.74 Å². The third-order valence-electron chi connectivity index (χ3n) is 3.05. The van der Waals surface area contributed by atoms with E-state index >= 15 is 0 Å². The topological polar surface area (TPSA) is 99.3 Å². The summed E-state index contributed by atoms with van der Waals surface area (Å²) in [5.41, 5.74) is 22.5. The minimum atomic E-state index is 0.616. The van der Waals surface area contributed by atoms with Crippen LogP contribution in [0.4, 0.5) is 22.7 Å². The Labute approximate surface area is 118 Å². The van der Waals surface area contributed by atoms with Gasteiger partial charge < -0.3 is 27.3 Å². The molecule has 0 saturated carbocycles. The van der Waals surface area contributed by atoms with E-state index in [2.05, 4.69) is 5.32 Å². The van der Waals surface area contributed by atoms with Crippen LogP contribution in [0.1, 0.15) is 0 Å². The van der Waals surface area contributed by atoms with Gasteiger partial charge >= 0.3 is 0 Å². The first kappa shape index (κ1) is 14.0. The first-order valence-corrected chi connectivity index (χ1v) is 6.39. The van der Waals surface area contributed by atoms with E-state index in [0.717, 1.165) is 23.4 Å². The van der Waals surface area contributed by atoms with Gasteiger partial charge in [-0.15, -0.1) is 0 Å².